The van der Waals surface area contributed by atoms with Gasteiger partial charge in [-0.15, -0.1) is 0 Å². The molecule has 0 radical (unpaired) electrons. The summed E-state index contributed by atoms with van der Waals surface area (Å²) < 4.78 is 0. The van der Waals surface area contributed by atoms with Crippen LogP contribution in [-0.4, -0.2) is 23.5 Å². The second kappa shape index (κ2) is 8.12. The number of nitrogens with one attached hydrogen (secondary N) is 1. The number of nitrogens with two attached hydrogens (primary N) is 1. The number of rotatable bonds is 7. The Labute approximate surface area is 122 Å². The van der Waals surface area contributed by atoms with Gasteiger partial charge in [0.2, 0.25) is 5.91 Å². The summed E-state index contributed by atoms with van der Waals surface area (Å²) in [6, 6.07) is 0. The first-order chi connectivity index (χ1) is 9.53. The fourth-order valence-corrected chi connectivity index (χ4v) is 2.90. The number of carbonyl (C=O) groups is 1. The summed E-state index contributed by atoms with van der Waals surface area (Å²) >= 11 is 0. The summed E-state index contributed by atoms with van der Waals surface area (Å²) in [5.41, 5.74) is 5.01. The standard InChI is InChI=1S/C15H29N3O2/c1-12(2)8-4-7-11-17-14(19)15(13(16)18-20)9-5-3-6-10-15/h12,20H,3-11H2,1-2H3,(H2,16,18)(H,17,19). The molecule has 1 aliphatic carbocycles. The number of oxime groups is 1. The Kier molecular flexibility index (Phi) is 6.82. The predicted molar refractivity (Wildman–Crippen MR) is 80.6 cm³/mol. The van der Waals surface area contributed by atoms with Crippen LogP contribution in [0.1, 0.15) is 65.2 Å². The Hall–Kier alpha value is -1.26. The summed E-state index contributed by atoms with van der Waals surface area (Å²) in [6.45, 7) is 5.08. The molecule has 116 valence electrons. The first kappa shape index (κ1) is 16.8. The van der Waals surface area contributed by atoms with E-state index in [-0.39, 0.29) is 11.7 Å². The molecule has 0 aliphatic heterocycles. The van der Waals surface area contributed by atoms with E-state index in [1.807, 2.05) is 0 Å². The third kappa shape index (κ3) is 4.39. The fourth-order valence-electron chi connectivity index (χ4n) is 2.90. The molecule has 20 heavy (non-hydrogen) atoms. The van der Waals surface area contributed by atoms with Crippen LogP contribution in [0.4, 0.5) is 0 Å². The van der Waals surface area contributed by atoms with E-state index in [0.29, 0.717) is 25.3 Å². The smallest absolute Gasteiger partial charge is 0.233 e. The Morgan fingerprint density at radius 1 is 1.30 bits per heavy atom. The van der Waals surface area contributed by atoms with Gasteiger partial charge in [0.05, 0.1) is 0 Å². The number of amidine groups is 1. The lowest BCUT2D eigenvalue weighted by Gasteiger charge is -2.34. The number of unbranched alkanes of at least 4 members (excludes halogenated alkanes) is 1. The van der Waals surface area contributed by atoms with Gasteiger partial charge < -0.3 is 16.3 Å². The molecule has 1 aliphatic rings. The van der Waals surface area contributed by atoms with Gasteiger partial charge in [0.1, 0.15) is 5.41 Å². The Morgan fingerprint density at radius 3 is 2.50 bits per heavy atom. The second-order valence-electron chi connectivity index (χ2n) is 6.27. The summed E-state index contributed by atoms with van der Waals surface area (Å²) in [6.07, 6.45) is 7.67. The van der Waals surface area contributed by atoms with Gasteiger partial charge in [0, 0.05) is 6.54 Å². The molecule has 0 heterocycles. The molecule has 0 aromatic heterocycles. The summed E-state index contributed by atoms with van der Waals surface area (Å²) in [4.78, 5) is 12.4. The summed E-state index contributed by atoms with van der Waals surface area (Å²) in [7, 11) is 0. The topological polar surface area (TPSA) is 87.7 Å². The SMILES string of the molecule is CC(C)CCCCNC(=O)C1(C(N)=NO)CCCCC1. The molecular weight excluding hydrogens is 254 g/mol. The molecule has 0 aromatic carbocycles. The summed E-state index contributed by atoms with van der Waals surface area (Å²) in [5.74, 6) is 0.696. The van der Waals surface area contributed by atoms with Gasteiger partial charge in [-0.3, -0.25) is 4.79 Å². The molecule has 0 bridgehead atoms. The maximum atomic E-state index is 12.4. The van der Waals surface area contributed by atoms with E-state index in [4.69, 9.17) is 10.9 Å². The van der Waals surface area contributed by atoms with E-state index in [9.17, 15) is 4.79 Å². The van der Waals surface area contributed by atoms with Crippen LogP contribution in [0, 0.1) is 11.3 Å². The van der Waals surface area contributed by atoms with E-state index in [0.717, 1.165) is 32.1 Å². The van der Waals surface area contributed by atoms with Crippen LogP contribution in [-0.2, 0) is 4.79 Å². The van der Waals surface area contributed by atoms with Crippen LogP contribution >= 0.6 is 0 Å². The number of amides is 1. The molecule has 1 rings (SSSR count). The molecule has 0 unspecified atom stereocenters. The van der Waals surface area contributed by atoms with Crippen molar-refractivity contribution in [3.8, 4) is 0 Å². The zero-order valence-electron chi connectivity index (χ0n) is 12.8. The lowest BCUT2D eigenvalue weighted by atomic mass is 9.72. The van der Waals surface area contributed by atoms with E-state index < -0.39 is 5.41 Å². The van der Waals surface area contributed by atoms with Crippen LogP contribution < -0.4 is 11.1 Å². The average molecular weight is 283 g/mol. The lowest BCUT2D eigenvalue weighted by molar-refractivity contribution is -0.129. The molecule has 0 spiro atoms. The molecule has 1 saturated carbocycles. The molecule has 0 aromatic rings. The second-order valence-corrected chi connectivity index (χ2v) is 6.27. The third-order valence-corrected chi connectivity index (χ3v) is 4.23. The minimum Gasteiger partial charge on any atom is -0.409 e. The zero-order valence-corrected chi connectivity index (χ0v) is 12.8. The van der Waals surface area contributed by atoms with Crippen molar-refractivity contribution in [1.29, 1.82) is 0 Å². The van der Waals surface area contributed by atoms with Gasteiger partial charge >= 0.3 is 0 Å². The van der Waals surface area contributed by atoms with E-state index in [1.165, 1.54) is 6.42 Å². The van der Waals surface area contributed by atoms with Crippen LogP contribution in [0.3, 0.4) is 0 Å². The van der Waals surface area contributed by atoms with Gasteiger partial charge in [-0.1, -0.05) is 51.1 Å². The van der Waals surface area contributed by atoms with Gasteiger partial charge in [-0.05, 0) is 25.2 Å². The van der Waals surface area contributed by atoms with Crippen molar-refractivity contribution >= 4 is 11.7 Å². The third-order valence-electron chi connectivity index (χ3n) is 4.23. The van der Waals surface area contributed by atoms with Crippen molar-refractivity contribution < 1.29 is 10.0 Å². The van der Waals surface area contributed by atoms with Gasteiger partial charge in [0.15, 0.2) is 5.84 Å². The Bertz CT molecular complexity index is 334. The highest BCUT2D eigenvalue weighted by atomic mass is 16.4. The van der Waals surface area contributed by atoms with Crippen molar-refractivity contribution in [2.45, 2.75) is 65.2 Å². The normalized spacial score (nSPS) is 19.1. The summed E-state index contributed by atoms with van der Waals surface area (Å²) in [5, 5.41) is 15.0. The monoisotopic (exact) mass is 283 g/mol. The van der Waals surface area contributed by atoms with Crippen molar-refractivity contribution in [3.63, 3.8) is 0 Å². The fraction of sp³-hybridized carbons (Fsp3) is 0.867. The van der Waals surface area contributed by atoms with Gasteiger partial charge in [0.25, 0.3) is 0 Å². The molecule has 1 fully saturated rings. The lowest BCUT2D eigenvalue weighted by Crippen LogP contribution is -2.51. The maximum Gasteiger partial charge on any atom is 0.233 e. The minimum atomic E-state index is -0.787. The molecule has 5 nitrogen and oxygen atoms in total. The van der Waals surface area contributed by atoms with E-state index in [1.54, 1.807) is 0 Å². The number of hydrogen-bond acceptors (Lipinski definition) is 3. The van der Waals surface area contributed by atoms with E-state index in [2.05, 4.69) is 24.3 Å². The highest BCUT2D eigenvalue weighted by Gasteiger charge is 2.43. The minimum absolute atomic E-state index is 0.0666. The quantitative estimate of drug-likeness (QED) is 0.221. The van der Waals surface area contributed by atoms with Crippen molar-refractivity contribution in [3.05, 3.63) is 0 Å². The molecule has 0 atom stereocenters. The van der Waals surface area contributed by atoms with E-state index >= 15 is 0 Å². The van der Waals surface area contributed by atoms with Crippen LogP contribution in [0.5, 0.6) is 0 Å². The number of nitrogens with zero attached hydrogens (tertiary/aromatic N) is 1. The molecular formula is C15H29N3O2. The molecule has 5 heteroatoms. The van der Waals surface area contributed by atoms with Gasteiger partial charge in [-0.25, -0.2) is 0 Å². The van der Waals surface area contributed by atoms with Crippen LogP contribution in [0.15, 0.2) is 5.16 Å². The van der Waals surface area contributed by atoms with Crippen molar-refractivity contribution in [1.82, 2.24) is 5.32 Å². The van der Waals surface area contributed by atoms with Crippen LogP contribution in [0.2, 0.25) is 0 Å². The average Bonchev–Trinajstić information content (AvgIpc) is 2.46. The highest BCUT2D eigenvalue weighted by Crippen LogP contribution is 2.36. The Morgan fingerprint density at radius 2 is 1.95 bits per heavy atom. The first-order valence-corrected chi connectivity index (χ1v) is 7.79. The number of hydrogen-bond donors (Lipinski definition) is 3. The predicted octanol–water partition coefficient (Wildman–Crippen LogP) is 2.63. The van der Waals surface area contributed by atoms with Crippen molar-refractivity contribution in [2.75, 3.05) is 6.54 Å². The Balaban J connectivity index is 2.48. The highest BCUT2D eigenvalue weighted by molar-refractivity contribution is 6.06. The molecule has 0 saturated heterocycles. The van der Waals surface area contributed by atoms with Gasteiger partial charge in [-0.2, -0.15) is 0 Å². The maximum absolute atomic E-state index is 12.4. The van der Waals surface area contributed by atoms with Crippen molar-refractivity contribution in [2.24, 2.45) is 22.2 Å². The number of carbonyl (C=O) groups excluding carboxylic acids is 1. The zero-order chi connectivity index (χ0) is 15.0. The molecule has 1 amide bonds. The molecule has 4 N–H and O–H groups in total. The largest absolute Gasteiger partial charge is 0.409 e. The first-order valence-electron chi connectivity index (χ1n) is 7.79. The van der Waals surface area contributed by atoms with Crippen LogP contribution in [0.25, 0.3) is 0 Å².